The van der Waals surface area contributed by atoms with Crippen molar-refractivity contribution in [3.8, 4) is 0 Å². The Morgan fingerprint density at radius 1 is 1.50 bits per heavy atom. The maximum Gasteiger partial charge on any atom is 0.407 e. The summed E-state index contributed by atoms with van der Waals surface area (Å²) in [5, 5.41) is 2.70. The average molecular weight is 248 g/mol. The van der Waals surface area contributed by atoms with Gasteiger partial charge in [0.05, 0.1) is 0 Å². The van der Waals surface area contributed by atoms with Crippen molar-refractivity contribution in [1.82, 2.24) is 10.3 Å². The van der Waals surface area contributed by atoms with E-state index >= 15 is 0 Å². The lowest BCUT2D eigenvalue weighted by atomic mass is 10.2. The zero-order valence-corrected chi connectivity index (χ0v) is 11.1. The standard InChI is InChI=1S/C14H20N2O2/c1-14(2,3)18-13(17)16-10-5-4-7-12-8-6-9-15-11-12/h4,6-9,11H,5,10H2,1-3H3,(H,16,17). The summed E-state index contributed by atoms with van der Waals surface area (Å²) in [6.45, 7) is 6.09. The molecule has 4 heteroatoms. The molecule has 0 aliphatic carbocycles. The van der Waals surface area contributed by atoms with Gasteiger partial charge in [-0.05, 0) is 38.8 Å². The van der Waals surface area contributed by atoms with Crippen LogP contribution in [0.2, 0.25) is 0 Å². The fourth-order valence-electron chi connectivity index (χ4n) is 1.27. The zero-order valence-electron chi connectivity index (χ0n) is 11.1. The van der Waals surface area contributed by atoms with Gasteiger partial charge in [-0.1, -0.05) is 18.2 Å². The topological polar surface area (TPSA) is 51.2 Å². The SMILES string of the molecule is CC(C)(C)OC(=O)NCCC=Cc1cccnc1. The summed E-state index contributed by atoms with van der Waals surface area (Å²) in [5.41, 5.74) is 0.602. The van der Waals surface area contributed by atoms with Crippen molar-refractivity contribution in [2.24, 2.45) is 0 Å². The molecule has 1 N–H and O–H groups in total. The molecule has 1 rings (SSSR count). The summed E-state index contributed by atoms with van der Waals surface area (Å²) < 4.78 is 5.12. The third-order valence-corrected chi connectivity index (χ3v) is 1.97. The highest BCUT2D eigenvalue weighted by Crippen LogP contribution is 2.06. The van der Waals surface area contributed by atoms with Crippen LogP contribution in [0.3, 0.4) is 0 Å². The van der Waals surface area contributed by atoms with Crippen LogP contribution in [0.15, 0.2) is 30.6 Å². The first-order valence-electron chi connectivity index (χ1n) is 6.01. The quantitative estimate of drug-likeness (QED) is 0.833. The predicted octanol–water partition coefficient (Wildman–Crippen LogP) is 3.01. The lowest BCUT2D eigenvalue weighted by Gasteiger charge is -2.19. The first kappa shape index (κ1) is 14.2. The van der Waals surface area contributed by atoms with Gasteiger partial charge in [0, 0.05) is 18.9 Å². The maximum atomic E-state index is 11.3. The van der Waals surface area contributed by atoms with Crippen molar-refractivity contribution in [3.05, 3.63) is 36.2 Å². The molecule has 0 radical (unpaired) electrons. The average Bonchev–Trinajstić information content (AvgIpc) is 2.27. The Balaban J connectivity index is 2.19. The highest BCUT2D eigenvalue weighted by molar-refractivity contribution is 5.67. The van der Waals surface area contributed by atoms with Crippen LogP contribution in [0.4, 0.5) is 4.79 Å². The predicted molar refractivity (Wildman–Crippen MR) is 72.1 cm³/mol. The molecule has 4 nitrogen and oxygen atoms in total. The van der Waals surface area contributed by atoms with E-state index in [1.807, 2.05) is 45.1 Å². The molecule has 18 heavy (non-hydrogen) atoms. The molecule has 1 aromatic rings. The number of hydrogen-bond donors (Lipinski definition) is 1. The molecule has 0 spiro atoms. The van der Waals surface area contributed by atoms with Crippen LogP contribution in [0.25, 0.3) is 6.08 Å². The van der Waals surface area contributed by atoms with Gasteiger partial charge in [-0.25, -0.2) is 4.79 Å². The lowest BCUT2D eigenvalue weighted by Crippen LogP contribution is -2.32. The number of nitrogens with one attached hydrogen (secondary N) is 1. The zero-order chi connectivity index (χ0) is 13.4. The number of rotatable bonds is 4. The smallest absolute Gasteiger partial charge is 0.407 e. The molecule has 0 saturated heterocycles. The Hall–Kier alpha value is -1.84. The lowest BCUT2D eigenvalue weighted by molar-refractivity contribution is 0.0529. The molecule has 1 aromatic heterocycles. The molecule has 0 fully saturated rings. The number of alkyl carbamates (subject to hydrolysis) is 1. The summed E-state index contributed by atoms with van der Waals surface area (Å²) in [7, 11) is 0. The van der Waals surface area contributed by atoms with E-state index in [4.69, 9.17) is 4.74 Å². The number of aromatic nitrogens is 1. The van der Waals surface area contributed by atoms with E-state index in [2.05, 4.69) is 10.3 Å². The van der Waals surface area contributed by atoms with Gasteiger partial charge in [0.2, 0.25) is 0 Å². The molecule has 0 aliphatic heterocycles. The second kappa shape index (κ2) is 6.79. The molecular formula is C14H20N2O2. The van der Waals surface area contributed by atoms with Crippen LogP contribution in [-0.4, -0.2) is 23.2 Å². The Bertz CT molecular complexity index is 394. The Kier molecular flexibility index (Phi) is 5.36. The number of pyridine rings is 1. The van der Waals surface area contributed by atoms with Crippen molar-refractivity contribution in [3.63, 3.8) is 0 Å². The minimum atomic E-state index is -0.449. The van der Waals surface area contributed by atoms with Crippen molar-refractivity contribution in [1.29, 1.82) is 0 Å². The van der Waals surface area contributed by atoms with Gasteiger partial charge in [-0.2, -0.15) is 0 Å². The van der Waals surface area contributed by atoms with E-state index in [0.29, 0.717) is 6.54 Å². The second-order valence-corrected chi connectivity index (χ2v) is 4.91. The minimum Gasteiger partial charge on any atom is -0.444 e. The van der Waals surface area contributed by atoms with Gasteiger partial charge < -0.3 is 10.1 Å². The Labute approximate surface area is 108 Å². The molecule has 98 valence electrons. The summed E-state index contributed by atoms with van der Waals surface area (Å²) >= 11 is 0. The number of hydrogen-bond acceptors (Lipinski definition) is 3. The molecule has 0 saturated carbocycles. The maximum absolute atomic E-state index is 11.3. The number of carbonyl (C=O) groups is 1. The van der Waals surface area contributed by atoms with Gasteiger partial charge in [0.25, 0.3) is 0 Å². The van der Waals surface area contributed by atoms with Crippen LogP contribution in [0.1, 0.15) is 32.8 Å². The van der Waals surface area contributed by atoms with E-state index < -0.39 is 5.60 Å². The number of amides is 1. The monoisotopic (exact) mass is 248 g/mol. The van der Waals surface area contributed by atoms with Crippen molar-refractivity contribution < 1.29 is 9.53 Å². The van der Waals surface area contributed by atoms with Gasteiger partial charge >= 0.3 is 6.09 Å². The van der Waals surface area contributed by atoms with Crippen LogP contribution in [0, 0.1) is 0 Å². The third-order valence-electron chi connectivity index (χ3n) is 1.97. The van der Waals surface area contributed by atoms with E-state index in [0.717, 1.165) is 12.0 Å². The molecule has 0 bridgehead atoms. The van der Waals surface area contributed by atoms with Gasteiger partial charge in [-0.15, -0.1) is 0 Å². The summed E-state index contributed by atoms with van der Waals surface area (Å²) in [5.74, 6) is 0. The highest BCUT2D eigenvalue weighted by Gasteiger charge is 2.14. The summed E-state index contributed by atoms with van der Waals surface area (Å²) in [4.78, 5) is 15.3. The van der Waals surface area contributed by atoms with E-state index in [1.165, 1.54) is 0 Å². The second-order valence-electron chi connectivity index (χ2n) is 4.91. The number of ether oxygens (including phenoxy) is 1. The van der Waals surface area contributed by atoms with Crippen LogP contribution in [0.5, 0.6) is 0 Å². The largest absolute Gasteiger partial charge is 0.444 e. The van der Waals surface area contributed by atoms with Crippen LogP contribution in [-0.2, 0) is 4.74 Å². The first-order valence-corrected chi connectivity index (χ1v) is 6.01. The molecule has 0 aromatic carbocycles. The molecule has 1 heterocycles. The van der Waals surface area contributed by atoms with E-state index in [9.17, 15) is 4.79 Å². The van der Waals surface area contributed by atoms with Crippen LogP contribution >= 0.6 is 0 Å². The normalized spacial score (nSPS) is 11.5. The summed E-state index contributed by atoms with van der Waals surface area (Å²) in [6, 6.07) is 3.86. The first-order chi connectivity index (χ1) is 8.47. The number of carbonyl (C=O) groups excluding carboxylic acids is 1. The minimum absolute atomic E-state index is 0.378. The van der Waals surface area contributed by atoms with Crippen molar-refractivity contribution in [2.45, 2.75) is 32.8 Å². The van der Waals surface area contributed by atoms with Gasteiger partial charge in [0.15, 0.2) is 0 Å². The Morgan fingerprint density at radius 3 is 2.89 bits per heavy atom. The van der Waals surface area contributed by atoms with Crippen molar-refractivity contribution in [2.75, 3.05) is 6.54 Å². The fraction of sp³-hybridized carbons (Fsp3) is 0.429. The fourth-order valence-corrected chi connectivity index (χ4v) is 1.27. The molecule has 0 unspecified atom stereocenters. The molecular weight excluding hydrogens is 228 g/mol. The molecule has 0 atom stereocenters. The Morgan fingerprint density at radius 2 is 2.28 bits per heavy atom. The van der Waals surface area contributed by atoms with Gasteiger partial charge in [0.1, 0.15) is 5.60 Å². The van der Waals surface area contributed by atoms with Gasteiger partial charge in [-0.3, -0.25) is 4.98 Å². The van der Waals surface area contributed by atoms with Crippen molar-refractivity contribution >= 4 is 12.2 Å². The summed E-state index contributed by atoms with van der Waals surface area (Å²) in [6.07, 6.45) is 7.88. The number of nitrogens with zero attached hydrogens (tertiary/aromatic N) is 1. The third kappa shape index (κ3) is 6.68. The van der Waals surface area contributed by atoms with E-state index in [1.54, 1.807) is 12.4 Å². The highest BCUT2D eigenvalue weighted by atomic mass is 16.6. The van der Waals surface area contributed by atoms with E-state index in [-0.39, 0.29) is 6.09 Å². The molecule has 1 amide bonds. The molecule has 0 aliphatic rings. The van der Waals surface area contributed by atoms with Crippen LogP contribution < -0.4 is 5.32 Å².